The average Bonchev–Trinajstić information content (AvgIpc) is 2.91. The van der Waals surface area contributed by atoms with E-state index in [2.05, 4.69) is 15.0 Å². The number of Topliss-reactive ketones (excluding diaryl/α,β-unsaturated/α-hetero) is 1. The topological polar surface area (TPSA) is 90.5 Å². The molecule has 1 aromatic carbocycles. The van der Waals surface area contributed by atoms with Gasteiger partial charge in [0.05, 0.1) is 0 Å². The molecule has 23 heavy (non-hydrogen) atoms. The van der Waals surface area contributed by atoms with Crippen LogP contribution < -0.4 is 5.73 Å². The van der Waals surface area contributed by atoms with Crippen LogP contribution in [0.3, 0.4) is 0 Å². The Morgan fingerprint density at radius 2 is 2.00 bits per heavy atom. The lowest BCUT2D eigenvalue weighted by molar-refractivity contribution is 0.0852. The van der Waals surface area contributed by atoms with Crippen molar-refractivity contribution in [2.75, 3.05) is 6.61 Å². The largest absolute Gasteiger partial charge is 0.462 e. The number of nitrogens with two attached hydrogens (primary N) is 1. The summed E-state index contributed by atoms with van der Waals surface area (Å²) < 4.78 is 5.29. The summed E-state index contributed by atoms with van der Waals surface area (Å²) in [7, 11) is 0. The molecule has 4 rings (SSSR count). The lowest BCUT2D eigenvalue weighted by Gasteiger charge is -2.20. The third kappa shape index (κ3) is 2.27. The van der Waals surface area contributed by atoms with Gasteiger partial charge in [-0.25, -0.2) is 15.0 Å². The second-order valence-electron chi connectivity index (χ2n) is 5.95. The Bertz CT molecular complexity index is 803. The number of hydrogen-bond acceptors (Lipinski definition) is 6. The summed E-state index contributed by atoms with van der Waals surface area (Å²) in [6.07, 6.45) is 7.35. The van der Waals surface area contributed by atoms with Crippen molar-refractivity contribution in [3.05, 3.63) is 48.0 Å². The van der Waals surface area contributed by atoms with E-state index >= 15 is 0 Å². The maximum Gasteiger partial charge on any atom is 0.283 e. The van der Waals surface area contributed by atoms with Crippen molar-refractivity contribution in [1.29, 1.82) is 0 Å². The molecule has 1 unspecified atom stereocenters. The number of aryl methyl sites for hydroxylation is 1. The van der Waals surface area contributed by atoms with Gasteiger partial charge in [0.1, 0.15) is 12.9 Å². The van der Waals surface area contributed by atoms with Gasteiger partial charge in [-0.2, -0.15) is 0 Å². The molecule has 1 aromatic heterocycles. The first-order chi connectivity index (χ1) is 11.2. The number of fused-ring (bicyclic) bond motifs is 1. The first-order valence-corrected chi connectivity index (χ1v) is 7.59. The van der Waals surface area contributed by atoms with Crippen LogP contribution in [0.15, 0.2) is 41.9 Å². The molecule has 116 valence electrons. The second kappa shape index (κ2) is 5.15. The molecule has 0 radical (unpaired) electrons. The summed E-state index contributed by atoms with van der Waals surface area (Å²) in [6, 6.07) is 6.03. The van der Waals surface area contributed by atoms with E-state index in [4.69, 9.17) is 10.5 Å². The maximum atomic E-state index is 13.1. The Hall–Kier alpha value is -2.76. The maximum absolute atomic E-state index is 13.1. The predicted molar refractivity (Wildman–Crippen MR) is 85.0 cm³/mol. The highest BCUT2D eigenvalue weighted by Crippen LogP contribution is 2.35. The molecule has 0 saturated heterocycles. The Labute approximate surface area is 133 Å². The van der Waals surface area contributed by atoms with Crippen molar-refractivity contribution in [2.45, 2.75) is 24.8 Å². The summed E-state index contributed by atoms with van der Waals surface area (Å²) in [6.45, 7) is 0.232. The highest BCUT2D eigenvalue weighted by atomic mass is 16.5. The molecule has 6 nitrogen and oxygen atoms in total. The number of ether oxygens (including phenoxy) is 1. The van der Waals surface area contributed by atoms with Gasteiger partial charge in [0.25, 0.3) is 6.02 Å². The third-order valence-electron chi connectivity index (χ3n) is 4.49. The SMILES string of the molecule is NC1=NC2(CCCc3ccc(-c4cncnc4)cc3C2=O)CO1. The number of benzene rings is 1. The van der Waals surface area contributed by atoms with Crippen LogP contribution in [0.25, 0.3) is 11.1 Å². The van der Waals surface area contributed by atoms with Crippen LogP contribution in [-0.2, 0) is 11.2 Å². The molecule has 6 heteroatoms. The Morgan fingerprint density at radius 3 is 2.74 bits per heavy atom. The van der Waals surface area contributed by atoms with Gasteiger partial charge in [-0.05, 0) is 36.5 Å². The van der Waals surface area contributed by atoms with E-state index in [0.717, 1.165) is 29.5 Å². The van der Waals surface area contributed by atoms with Gasteiger partial charge in [0.2, 0.25) is 0 Å². The first kappa shape index (κ1) is 13.9. The molecule has 1 aliphatic heterocycles. The molecule has 0 bridgehead atoms. The number of aliphatic imine (C=N–C) groups is 1. The number of rotatable bonds is 1. The van der Waals surface area contributed by atoms with Crippen molar-refractivity contribution >= 4 is 11.8 Å². The number of carbonyl (C=O) groups is 1. The Morgan fingerprint density at radius 1 is 1.17 bits per heavy atom. The quantitative estimate of drug-likeness (QED) is 0.866. The van der Waals surface area contributed by atoms with Gasteiger partial charge in [0, 0.05) is 23.5 Å². The molecule has 2 N–H and O–H groups in total. The zero-order valence-electron chi connectivity index (χ0n) is 12.5. The molecule has 0 amide bonds. The van der Waals surface area contributed by atoms with E-state index in [1.54, 1.807) is 12.4 Å². The minimum atomic E-state index is -0.860. The van der Waals surface area contributed by atoms with Crippen LogP contribution in [0.4, 0.5) is 0 Å². The molecule has 0 fully saturated rings. The lowest BCUT2D eigenvalue weighted by atomic mass is 9.87. The number of carbonyl (C=O) groups excluding carboxylic acids is 1. The number of aromatic nitrogens is 2. The summed E-state index contributed by atoms with van der Waals surface area (Å²) in [5.74, 6) is -0.0100. The van der Waals surface area contributed by atoms with Crippen LogP contribution in [0.2, 0.25) is 0 Å². The van der Waals surface area contributed by atoms with Crippen molar-refractivity contribution in [1.82, 2.24) is 9.97 Å². The Balaban J connectivity index is 1.81. The number of hydrogen-bond donors (Lipinski definition) is 1. The van der Waals surface area contributed by atoms with Crippen molar-refractivity contribution in [2.24, 2.45) is 10.7 Å². The summed E-state index contributed by atoms with van der Waals surface area (Å²) in [4.78, 5) is 25.5. The molecule has 1 atom stereocenters. The summed E-state index contributed by atoms with van der Waals surface area (Å²) in [5.41, 5.74) is 8.35. The van der Waals surface area contributed by atoms with E-state index in [1.165, 1.54) is 6.33 Å². The van der Waals surface area contributed by atoms with Crippen LogP contribution in [0.1, 0.15) is 28.8 Å². The molecule has 0 saturated carbocycles. The molecule has 1 spiro atoms. The van der Waals surface area contributed by atoms with E-state index in [1.807, 2.05) is 18.2 Å². The van der Waals surface area contributed by atoms with Gasteiger partial charge in [-0.3, -0.25) is 4.79 Å². The fourth-order valence-corrected chi connectivity index (χ4v) is 3.28. The number of ketones is 1. The van der Waals surface area contributed by atoms with Crippen molar-refractivity contribution in [3.8, 4) is 11.1 Å². The Kier molecular flexibility index (Phi) is 3.11. The fourth-order valence-electron chi connectivity index (χ4n) is 3.28. The first-order valence-electron chi connectivity index (χ1n) is 7.59. The van der Waals surface area contributed by atoms with Crippen LogP contribution in [0, 0.1) is 0 Å². The molecular weight excluding hydrogens is 292 g/mol. The fraction of sp³-hybridized carbons (Fsp3) is 0.294. The molecule has 2 aliphatic rings. The summed E-state index contributed by atoms with van der Waals surface area (Å²) >= 11 is 0. The minimum Gasteiger partial charge on any atom is -0.462 e. The lowest BCUT2D eigenvalue weighted by Crippen LogP contribution is -2.37. The standard InChI is InChI=1S/C17H16N4O2/c18-16-21-17(9-23-16)5-1-2-11-3-4-12(6-14(11)15(17)22)13-7-19-10-20-8-13/h3-4,6-8,10H,1-2,5,9H2,(H2,18,21). The predicted octanol–water partition coefficient (Wildman–Crippen LogP) is 1.75. The van der Waals surface area contributed by atoms with E-state index < -0.39 is 5.54 Å². The second-order valence-corrected chi connectivity index (χ2v) is 5.95. The van der Waals surface area contributed by atoms with Crippen LogP contribution in [0.5, 0.6) is 0 Å². The smallest absolute Gasteiger partial charge is 0.283 e. The minimum absolute atomic E-state index is 0.0100. The van der Waals surface area contributed by atoms with E-state index in [9.17, 15) is 4.79 Å². The normalized spacial score (nSPS) is 23.1. The van der Waals surface area contributed by atoms with E-state index in [0.29, 0.717) is 12.0 Å². The van der Waals surface area contributed by atoms with Gasteiger partial charge in [-0.15, -0.1) is 0 Å². The van der Waals surface area contributed by atoms with Gasteiger partial charge in [0.15, 0.2) is 11.3 Å². The zero-order valence-corrected chi connectivity index (χ0v) is 12.5. The monoisotopic (exact) mass is 308 g/mol. The van der Waals surface area contributed by atoms with Crippen LogP contribution in [-0.4, -0.2) is 33.9 Å². The van der Waals surface area contributed by atoms with E-state index in [-0.39, 0.29) is 18.4 Å². The zero-order chi connectivity index (χ0) is 15.9. The van der Waals surface area contributed by atoms with Crippen LogP contribution >= 0.6 is 0 Å². The van der Waals surface area contributed by atoms with Crippen molar-refractivity contribution < 1.29 is 9.53 Å². The number of amidine groups is 1. The van der Waals surface area contributed by atoms with Gasteiger partial charge < -0.3 is 10.5 Å². The summed E-state index contributed by atoms with van der Waals surface area (Å²) in [5, 5.41) is 0. The van der Waals surface area contributed by atoms with Gasteiger partial charge >= 0.3 is 0 Å². The van der Waals surface area contributed by atoms with Gasteiger partial charge in [-0.1, -0.05) is 12.1 Å². The van der Waals surface area contributed by atoms with Crippen molar-refractivity contribution in [3.63, 3.8) is 0 Å². The molecule has 1 aliphatic carbocycles. The molecule has 2 aromatic rings. The molecule has 2 heterocycles. The highest BCUT2D eigenvalue weighted by molar-refractivity contribution is 6.07. The third-order valence-corrected chi connectivity index (χ3v) is 4.49. The molecular formula is C17H16N4O2. The highest BCUT2D eigenvalue weighted by Gasteiger charge is 2.45. The number of nitrogens with zero attached hydrogens (tertiary/aromatic N) is 3. The average molecular weight is 308 g/mol.